The Labute approximate surface area is 231 Å². The zero-order valence-corrected chi connectivity index (χ0v) is 23.2. The van der Waals surface area contributed by atoms with Gasteiger partial charge in [0.2, 0.25) is 0 Å². The third-order valence-electron chi connectivity index (χ3n) is 6.54. The van der Waals surface area contributed by atoms with E-state index in [1.165, 1.54) is 6.07 Å². The van der Waals surface area contributed by atoms with E-state index >= 15 is 4.39 Å². The van der Waals surface area contributed by atoms with Gasteiger partial charge in [0.1, 0.15) is 17.1 Å². The van der Waals surface area contributed by atoms with Crippen molar-refractivity contribution in [1.29, 1.82) is 0 Å². The van der Waals surface area contributed by atoms with Gasteiger partial charge in [-0.25, -0.2) is 9.18 Å². The first-order valence-corrected chi connectivity index (χ1v) is 13.2. The van der Waals surface area contributed by atoms with Crippen LogP contribution in [0.5, 0.6) is 0 Å². The molecule has 0 aliphatic carbocycles. The Morgan fingerprint density at radius 3 is 2.58 bits per heavy atom. The Hall–Kier alpha value is -3.29. The molecule has 3 heterocycles. The van der Waals surface area contributed by atoms with E-state index < -0.39 is 23.6 Å². The second-order valence-electron chi connectivity index (χ2n) is 10.6. The molecule has 0 radical (unpaired) electrons. The van der Waals surface area contributed by atoms with Crippen LogP contribution in [0.15, 0.2) is 60.8 Å². The minimum absolute atomic E-state index is 0.244. The largest absolute Gasteiger partial charge is 0.444 e. The van der Waals surface area contributed by atoms with Crippen molar-refractivity contribution in [3.8, 4) is 11.3 Å². The van der Waals surface area contributed by atoms with Gasteiger partial charge in [0.15, 0.2) is 0 Å². The van der Waals surface area contributed by atoms with Crippen molar-refractivity contribution in [2.75, 3.05) is 20.1 Å². The fourth-order valence-electron chi connectivity index (χ4n) is 4.79. The molecule has 2 aliphatic heterocycles. The highest BCUT2D eigenvalue weighted by atomic mass is 35.5. The zero-order chi connectivity index (χ0) is 27.2. The lowest BCUT2D eigenvalue weighted by molar-refractivity contribution is 0.0175. The van der Waals surface area contributed by atoms with E-state index in [-0.39, 0.29) is 6.54 Å². The predicted octanol–water partition coefficient (Wildman–Crippen LogP) is 7.18. The number of nitrogens with zero attached hydrogens (tertiary/aromatic N) is 4. The summed E-state index contributed by atoms with van der Waals surface area (Å²) in [6.07, 6.45) is 5.60. The molecule has 1 amide bonds. The molecule has 0 spiro atoms. The van der Waals surface area contributed by atoms with Crippen molar-refractivity contribution in [3.63, 3.8) is 0 Å². The van der Waals surface area contributed by atoms with E-state index in [0.717, 1.165) is 22.4 Å². The molecule has 5 rings (SSSR count). The number of hydrogen-bond acceptors (Lipinski definition) is 4. The van der Waals surface area contributed by atoms with E-state index in [4.69, 9.17) is 33.0 Å². The van der Waals surface area contributed by atoms with Gasteiger partial charge in [0.05, 0.1) is 24.8 Å². The normalized spacial score (nSPS) is 17.3. The predicted molar refractivity (Wildman–Crippen MR) is 149 cm³/mol. The van der Waals surface area contributed by atoms with Gasteiger partial charge in [-0.2, -0.15) is 5.10 Å². The van der Waals surface area contributed by atoms with Crippen LogP contribution in [-0.4, -0.2) is 51.4 Å². The lowest BCUT2D eigenvalue weighted by atomic mass is 9.95. The van der Waals surface area contributed by atoms with Gasteiger partial charge in [-0.3, -0.25) is 9.58 Å². The number of carbonyl (C=O) groups is 1. The molecule has 3 aromatic rings. The number of hydrogen-bond donors (Lipinski definition) is 0. The fraction of sp³-hybridized carbons (Fsp3) is 0.310. The van der Waals surface area contributed by atoms with E-state index in [9.17, 15) is 4.79 Å². The average Bonchev–Trinajstić information content (AvgIpc) is 3.22. The van der Waals surface area contributed by atoms with Crippen LogP contribution in [0.25, 0.3) is 16.8 Å². The lowest BCUT2D eigenvalue weighted by Crippen LogP contribution is -2.44. The van der Waals surface area contributed by atoms with E-state index in [0.29, 0.717) is 34.4 Å². The molecule has 0 saturated heterocycles. The summed E-state index contributed by atoms with van der Waals surface area (Å²) in [6.45, 7) is 6.74. The van der Waals surface area contributed by atoms with E-state index in [1.54, 1.807) is 17.0 Å². The first-order valence-electron chi connectivity index (χ1n) is 12.4. The maximum Gasteiger partial charge on any atom is 0.410 e. The number of likely N-dealkylation sites (N-methyl/N-ethyl adjacent to an activating group) is 1. The second-order valence-corrected chi connectivity index (χ2v) is 11.4. The number of benzene rings is 2. The molecule has 198 valence electrons. The summed E-state index contributed by atoms with van der Waals surface area (Å²) < 4.78 is 22.9. The van der Waals surface area contributed by atoms with Gasteiger partial charge in [-0.1, -0.05) is 47.5 Å². The highest BCUT2D eigenvalue weighted by Crippen LogP contribution is 2.41. The molecule has 0 saturated carbocycles. The van der Waals surface area contributed by atoms with Gasteiger partial charge in [-0.05, 0) is 68.4 Å². The SMILES string of the molecule is CN1C=CC(c2c(-c3ccc(Cl)cc3F)nn3c2CN(C(=O)OC(C)(C)C)CC3c2ccccc2Cl)=CC1. The van der Waals surface area contributed by atoms with Crippen LogP contribution in [0.4, 0.5) is 9.18 Å². The van der Waals surface area contributed by atoms with Gasteiger partial charge in [0, 0.05) is 34.8 Å². The monoisotopic (exact) mass is 554 g/mol. The van der Waals surface area contributed by atoms with Crippen LogP contribution in [0, 0.1) is 5.82 Å². The summed E-state index contributed by atoms with van der Waals surface area (Å²) in [7, 11) is 1.98. The van der Waals surface area contributed by atoms with Crippen molar-refractivity contribution in [2.45, 2.75) is 39.0 Å². The lowest BCUT2D eigenvalue weighted by Gasteiger charge is -2.36. The quantitative estimate of drug-likeness (QED) is 0.344. The smallest absolute Gasteiger partial charge is 0.410 e. The highest BCUT2D eigenvalue weighted by Gasteiger charge is 2.37. The molecule has 1 aromatic heterocycles. The third kappa shape index (κ3) is 5.18. The number of carbonyl (C=O) groups excluding carboxylic acids is 1. The minimum Gasteiger partial charge on any atom is -0.444 e. The molecule has 0 bridgehead atoms. The van der Waals surface area contributed by atoms with Crippen molar-refractivity contribution >= 4 is 34.9 Å². The molecule has 6 nitrogen and oxygen atoms in total. The van der Waals surface area contributed by atoms with Crippen LogP contribution < -0.4 is 0 Å². The van der Waals surface area contributed by atoms with Crippen LogP contribution in [0.3, 0.4) is 0 Å². The molecule has 2 aromatic carbocycles. The van der Waals surface area contributed by atoms with E-state index in [2.05, 4.69) is 6.08 Å². The first-order chi connectivity index (χ1) is 18.0. The molecule has 9 heteroatoms. The molecule has 0 fully saturated rings. The van der Waals surface area contributed by atoms with Gasteiger partial charge >= 0.3 is 6.09 Å². The van der Waals surface area contributed by atoms with Crippen molar-refractivity contribution in [1.82, 2.24) is 19.6 Å². The Morgan fingerprint density at radius 1 is 1.16 bits per heavy atom. The summed E-state index contributed by atoms with van der Waals surface area (Å²) >= 11 is 12.7. The van der Waals surface area contributed by atoms with Gasteiger partial charge in [0.25, 0.3) is 0 Å². The Bertz CT molecular complexity index is 1460. The molecule has 38 heavy (non-hydrogen) atoms. The number of rotatable bonds is 3. The molecule has 2 aliphatic rings. The van der Waals surface area contributed by atoms with Crippen LogP contribution >= 0.6 is 23.2 Å². The van der Waals surface area contributed by atoms with Crippen LogP contribution in [0.2, 0.25) is 10.0 Å². The maximum atomic E-state index is 15.3. The average molecular weight is 555 g/mol. The highest BCUT2D eigenvalue weighted by molar-refractivity contribution is 6.31. The molecule has 1 atom stereocenters. The summed E-state index contributed by atoms with van der Waals surface area (Å²) in [5.41, 5.74) is 3.41. The first kappa shape index (κ1) is 26.3. The topological polar surface area (TPSA) is 50.6 Å². The number of halogens is 3. The molecular weight excluding hydrogens is 526 g/mol. The Balaban J connectivity index is 1.74. The van der Waals surface area contributed by atoms with Gasteiger partial charge in [-0.15, -0.1) is 0 Å². The molecular formula is C29H29Cl2FN4O2. The Morgan fingerprint density at radius 2 is 1.92 bits per heavy atom. The summed E-state index contributed by atoms with van der Waals surface area (Å²) in [5, 5.41) is 5.85. The molecule has 0 N–H and O–H groups in total. The van der Waals surface area contributed by atoms with Crippen LogP contribution in [0.1, 0.15) is 43.6 Å². The number of amides is 1. The number of aromatic nitrogens is 2. The Kier molecular flexibility index (Phi) is 7.01. The third-order valence-corrected chi connectivity index (χ3v) is 7.12. The van der Waals surface area contributed by atoms with Crippen molar-refractivity contribution in [2.24, 2.45) is 0 Å². The van der Waals surface area contributed by atoms with Crippen molar-refractivity contribution in [3.05, 3.63) is 93.5 Å². The summed E-state index contributed by atoms with van der Waals surface area (Å²) in [5.74, 6) is -0.468. The maximum absolute atomic E-state index is 15.3. The standard InChI is InChI=1S/C29H29Cl2FN4O2/c1-29(2,3)38-28(37)35-16-24(20-7-5-6-8-22(20)31)36-25(17-35)26(18-11-13-34(4)14-12-18)27(33-36)21-10-9-19(30)15-23(21)32/h5-13,15,24H,14,16-17H2,1-4H3. The van der Waals surface area contributed by atoms with E-state index in [1.807, 2.05) is 73.9 Å². The number of allylic oxidation sites excluding steroid dienone is 2. The van der Waals surface area contributed by atoms with Crippen molar-refractivity contribution < 1.29 is 13.9 Å². The zero-order valence-electron chi connectivity index (χ0n) is 21.7. The minimum atomic E-state index is -0.658. The van der Waals surface area contributed by atoms with Gasteiger partial charge < -0.3 is 9.64 Å². The number of ether oxygens (including phenoxy) is 1. The summed E-state index contributed by atoms with van der Waals surface area (Å²) in [4.78, 5) is 17.0. The molecule has 1 unspecified atom stereocenters. The fourth-order valence-corrected chi connectivity index (χ4v) is 5.21. The second kappa shape index (κ2) is 10.1. The van der Waals surface area contributed by atoms with Crippen LogP contribution in [-0.2, 0) is 11.3 Å². The number of fused-ring (bicyclic) bond motifs is 1. The summed E-state index contributed by atoms with van der Waals surface area (Å²) in [6, 6.07) is 11.7.